The Balaban J connectivity index is 2.28. The molecule has 25 heavy (non-hydrogen) atoms. The smallest absolute Gasteiger partial charge is 0.265 e. The average Bonchev–Trinajstić information content (AvgIpc) is 2.50. The van der Waals surface area contributed by atoms with E-state index in [1.54, 1.807) is 24.9 Å². The van der Waals surface area contributed by atoms with E-state index < -0.39 is 17.5 Å². The molecule has 2 rings (SSSR count). The Labute approximate surface area is 146 Å². The van der Waals surface area contributed by atoms with E-state index in [-0.39, 0.29) is 12.0 Å². The van der Waals surface area contributed by atoms with E-state index in [1.165, 1.54) is 18.2 Å². The van der Waals surface area contributed by atoms with Gasteiger partial charge in [-0.2, -0.15) is 0 Å². The van der Waals surface area contributed by atoms with Crippen LogP contribution in [0.4, 0.5) is 8.78 Å². The summed E-state index contributed by atoms with van der Waals surface area (Å²) in [6.07, 6.45) is 4.28. The van der Waals surface area contributed by atoms with Crippen LogP contribution in [0.2, 0.25) is 0 Å². The van der Waals surface area contributed by atoms with E-state index in [0.29, 0.717) is 17.8 Å². The summed E-state index contributed by atoms with van der Waals surface area (Å²) in [7, 11) is 0. The second-order valence-corrected chi connectivity index (χ2v) is 6.27. The summed E-state index contributed by atoms with van der Waals surface area (Å²) in [5.41, 5.74) is 8.95. The maximum atomic E-state index is 13.8. The molecular formula is C20H22F2N2O. The molecule has 1 heterocycles. The Bertz CT molecular complexity index is 795. The maximum Gasteiger partial charge on any atom is 0.265 e. The summed E-state index contributed by atoms with van der Waals surface area (Å²) in [5, 5.41) is 0. The fraction of sp³-hybridized carbons (Fsp3) is 0.250. The lowest BCUT2D eigenvalue weighted by Crippen LogP contribution is -2.30. The van der Waals surface area contributed by atoms with Crippen LogP contribution in [0, 0.1) is 11.6 Å². The third-order valence-electron chi connectivity index (χ3n) is 4.05. The quantitative estimate of drug-likeness (QED) is 0.808. The molecule has 0 unspecified atom stereocenters. The number of rotatable bonds is 5. The van der Waals surface area contributed by atoms with Gasteiger partial charge in [0.1, 0.15) is 17.3 Å². The molecule has 0 spiro atoms. The minimum Gasteiger partial charge on any atom is -0.364 e. The Hall–Kier alpha value is -2.69. The van der Waals surface area contributed by atoms with E-state index in [2.05, 4.69) is 6.58 Å². The number of allylic oxidation sites excluding steroid dienone is 4. The zero-order valence-corrected chi connectivity index (χ0v) is 14.7. The van der Waals surface area contributed by atoms with Gasteiger partial charge in [-0.15, -0.1) is 0 Å². The number of nitrogens with zero attached hydrogens (tertiary/aromatic N) is 1. The molecule has 1 amide bonds. The lowest BCUT2D eigenvalue weighted by Gasteiger charge is -2.30. The molecule has 5 heteroatoms. The molecule has 2 N–H and O–H groups in total. The Morgan fingerprint density at radius 1 is 1.20 bits per heavy atom. The molecule has 0 fully saturated rings. The largest absolute Gasteiger partial charge is 0.364 e. The van der Waals surface area contributed by atoms with E-state index in [0.717, 1.165) is 16.7 Å². The van der Waals surface area contributed by atoms with Gasteiger partial charge in [-0.25, -0.2) is 8.78 Å². The van der Waals surface area contributed by atoms with Gasteiger partial charge >= 0.3 is 0 Å². The Morgan fingerprint density at radius 3 is 2.32 bits per heavy atom. The van der Waals surface area contributed by atoms with Crippen molar-refractivity contribution in [2.45, 2.75) is 33.6 Å². The Kier molecular flexibility index (Phi) is 5.57. The number of hydrogen-bond donors (Lipinski definition) is 1. The predicted molar refractivity (Wildman–Crippen MR) is 95.1 cm³/mol. The molecule has 3 nitrogen and oxygen atoms in total. The van der Waals surface area contributed by atoms with Gasteiger partial charge in [-0.05, 0) is 62.5 Å². The molecule has 0 atom stereocenters. The van der Waals surface area contributed by atoms with Crippen molar-refractivity contribution < 1.29 is 13.6 Å². The summed E-state index contributed by atoms with van der Waals surface area (Å²) in [6, 6.07) is 3.83. The standard InChI is InChI=1S/C20H22F2N2O/c1-12(2)19(20(23)25)24-11-13(3)10-15(14(24)4)8-9-16-17(21)6-5-7-18(16)22/h5-7,10-11H,4,8-9H2,1-3H3,(H2,23,25). The van der Waals surface area contributed by atoms with Crippen molar-refractivity contribution >= 4 is 5.91 Å². The first-order chi connectivity index (χ1) is 11.7. The molecule has 0 bridgehead atoms. The first-order valence-corrected chi connectivity index (χ1v) is 8.00. The highest BCUT2D eigenvalue weighted by molar-refractivity contribution is 5.92. The van der Waals surface area contributed by atoms with E-state index in [1.807, 2.05) is 13.0 Å². The van der Waals surface area contributed by atoms with Gasteiger partial charge < -0.3 is 10.6 Å². The number of amides is 1. The average molecular weight is 344 g/mol. The molecule has 0 saturated carbocycles. The minimum atomic E-state index is -0.562. The molecule has 1 aliphatic heterocycles. The number of carbonyl (C=O) groups is 1. The summed E-state index contributed by atoms with van der Waals surface area (Å²) >= 11 is 0. The molecule has 1 aromatic rings. The first kappa shape index (κ1) is 18.6. The highest BCUT2D eigenvalue weighted by Crippen LogP contribution is 2.31. The number of benzene rings is 1. The molecule has 0 radical (unpaired) electrons. The summed E-state index contributed by atoms with van der Waals surface area (Å²) in [6.45, 7) is 9.51. The molecule has 0 aliphatic carbocycles. The highest BCUT2D eigenvalue weighted by atomic mass is 19.1. The summed E-state index contributed by atoms with van der Waals surface area (Å²) < 4.78 is 27.6. The maximum absolute atomic E-state index is 13.8. The zero-order chi connectivity index (χ0) is 18.7. The Morgan fingerprint density at radius 2 is 1.80 bits per heavy atom. The van der Waals surface area contributed by atoms with Crippen LogP contribution in [0.5, 0.6) is 0 Å². The predicted octanol–water partition coefficient (Wildman–Crippen LogP) is 4.34. The summed E-state index contributed by atoms with van der Waals surface area (Å²) in [5.74, 6) is -1.67. The molecule has 1 aliphatic rings. The lowest BCUT2D eigenvalue weighted by atomic mass is 9.96. The van der Waals surface area contributed by atoms with Gasteiger partial charge in [-0.1, -0.05) is 18.7 Å². The van der Waals surface area contributed by atoms with Crippen LogP contribution in [0.15, 0.2) is 65.2 Å². The van der Waals surface area contributed by atoms with Gasteiger partial charge in [0.05, 0.1) is 0 Å². The fourth-order valence-corrected chi connectivity index (χ4v) is 2.88. The molecular weight excluding hydrogens is 322 g/mol. The van der Waals surface area contributed by atoms with Gasteiger partial charge in [-0.3, -0.25) is 4.79 Å². The van der Waals surface area contributed by atoms with Crippen LogP contribution < -0.4 is 5.73 Å². The normalized spacial score (nSPS) is 14.1. The van der Waals surface area contributed by atoms with Crippen molar-refractivity contribution in [3.63, 3.8) is 0 Å². The van der Waals surface area contributed by atoms with E-state index >= 15 is 0 Å². The number of nitrogens with two attached hydrogens (primary N) is 1. The third-order valence-corrected chi connectivity index (χ3v) is 4.05. The van der Waals surface area contributed by atoms with Crippen LogP contribution in [-0.4, -0.2) is 10.8 Å². The van der Waals surface area contributed by atoms with E-state index in [4.69, 9.17) is 5.73 Å². The second-order valence-electron chi connectivity index (χ2n) is 6.27. The van der Waals surface area contributed by atoms with Gasteiger partial charge in [0.25, 0.3) is 5.91 Å². The van der Waals surface area contributed by atoms with Crippen molar-refractivity contribution in [3.05, 3.63) is 82.4 Å². The van der Waals surface area contributed by atoms with E-state index in [9.17, 15) is 13.6 Å². The van der Waals surface area contributed by atoms with Gasteiger partial charge in [0.15, 0.2) is 0 Å². The van der Waals surface area contributed by atoms with Crippen LogP contribution in [0.1, 0.15) is 32.8 Å². The van der Waals surface area contributed by atoms with Crippen LogP contribution in [-0.2, 0) is 11.2 Å². The minimum absolute atomic E-state index is 0.0484. The molecule has 1 aromatic carbocycles. The summed E-state index contributed by atoms with van der Waals surface area (Å²) in [4.78, 5) is 13.5. The second kappa shape index (κ2) is 7.47. The van der Waals surface area contributed by atoms with Gasteiger partial charge in [0, 0.05) is 17.5 Å². The lowest BCUT2D eigenvalue weighted by molar-refractivity contribution is -0.115. The fourth-order valence-electron chi connectivity index (χ4n) is 2.88. The van der Waals surface area contributed by atoms with Crippen LogP contribution in [0.3, 0.4) is 0 Å². The monoisotopic (exact) mass is 344 g/mol. The van der Waals surface area contributed by atoms with Crippen molar-refractivity contribution in [1.29, 1.82) is 0 Å². The SMILES string of the molecule is C=C1C(CCc2c(F)cccc2F)=CC(C)=CN1C(C(N)=O)=C(C)C. The zero-order valence-electron chi connectivity index (χ0n) is 14.7. The number of hydrogen-bond acceptors (Lipinski definition) is 2. The third kappa shape index (κ3) is 4.05. The van der Waals surface area contributed by atoms with Crippen LogP contribution in [0.25, 0.3) is 0 Å². The molecule has 0 saturated heterocycles. The van der Waals surface area contributed by atoms with Crippen LogP contribution >= 0.6 is 0 Å². The number of carbonyl (C=O) groups excluding carboxylic acids is 1. The van der Waals surface area contributed by atoms with Crippen molar-refractivity contribution in [2.24, 2.45) is 5.73 Å². The number of halogens is 2. The highest BCUT2D eigenvalue weighted by Gasteiger charge is 2.23. The van der Waals surface area contributed by atoms with Crippen molar-refractivity contribution in [1.82, 2.24) is 4.90 Å². The topological polar surface area (TPSA) is 46.3 Å². The molecule has 0 aromatic heterocycles. The first-order valence-electron chi connectivity index (χ1n) is 8.00. The van der Waals surface area contributed by atoms with Gasteiger partial charge in [0.2, 0.25) is 0 Å². The number of primary amides is 1. The molecule has 132 valence electrons. The van der Waals surface area contributed by atoms with Crippen molar-refractivity contribution in [3.8, 4) is 0 Å². The van der Waals surface area contributed by atoms with Crippen molar-refractivity contribution in [2.75, 3.05) is 0 Å².